The van der Waals surface area contributed by atoms with E-state index < -0.39 is 0 Å². The molecule has 18 heavy (non-hydrogen) atoms. The lowest BCUT2D eigenvalue weighted by Crippen LogP contribution is -2.48. The molecule has 3 nitrogen and oxygen atoms in total. The molecule has 1 aliphatic heterocycles. The molecule has 0 spiro atoms. The summed E-state index contributed by atoms with van der Waals surface area (Å²) < 4.78 is 13.7. The van der Waals surface area contributed by atoms with E-state index in [0.717, 1.165) is 31.7 Å². The van der Waals surface area contributed by atoms with E-state index in [1.165, 1.54) is 6.07 Å². The van der Waals surface area contributed by atoms with Crippen molar-refractivity contribution in [2.45, 2.75) is 19.9 Å². The van der Waals surface area contributed by atoms with Crippen molar-refractivity contribution in [2.75, 3.05) is 26.2 Å². The Hall–Kier alpha value is -1.42. The molecular formula is C14H19FN2O. The third-order valence-corrected chi connectivity index (χ3v) is 3.66. The summed E-state index contributed by atoms with van der Waals surface area (Å²) in [7, 11) is 0. The lowest BCUT2D eigenvalue weighted by atomic mass is 10.1. The molecule has 0 saturated carbocycles. The van der Waals surface area contributed by atoms with E-state index in [1.54, 1.807) is 13.0 Å². The van der Waals surface area contributed by atoms with Crippen LogP contribution < -0.4 is 0 Å². The van der Waals surface area contributed by atoms with Gasteiger partial charge >= 0.3 is 0 Å². The number of hydrogen-bond donors (Lipinski definition) is 0. The molecule has 98 valence electrons. The summed E-state index contributed by atoms with van der Waals surface area (Å²) in [6, 6.07) is 6.95. The highest BCUT2D eigenvalue weighted by molar-refractivity contribution is 5.73. The van der Waals surface area contributed by atoms with Crippen molar-refractivity contribution in [1.29, 1.82) is 0 Å². The number of nitrogens with zero attached hydrogens (tertiary/aromatic N) is 2. The summed E-state index contributed by atoms with van der Waals surface area (Å²) in [4.78, 5) is 15.3. The predicted molar refractivity (Wildman–Crippen MR) is 68.6 cm³/mol. The zero-order chi connectivity index (χ0) is 13.1. The standard InChI is InChI=1S/C14H19FN2O/c1-11(13-5-3-4-6-14(13)15)16-7-9-17(10-8-16)12(2)18/h3-6,11H,7-10H2,1-2H3/t11-/m0/s1. The Balaban J connectivity index is 2.02. The molecule has 4 heteroatoms. The molecule has 0 radical (unpaired) electrons. The first-order valence-electron chi connectivity index (χ1n) is 6.33. The van der Waals surface area contributed by atoms with Gasteiger partial charge in [-0.3, -0.25) is 9.69 Å². The number of benzene rings is 1. The van der Waals surface area contributed by atoms with Crippen molar-refractivity contribution in [3.8, 4) is 0 Å². The smallest absolute Gasteiger partial charge is 0.219 e. The van der Waals surface area contributed by atoms with E-state index in [-0.39, 0.29) is 17.8 Å². The van der Waals surface area contributed by atoms with Gasteiger partial charge in [-0.15, -0.1) is 0 Å². The SMILES string of the molecule is CC(=O)N1CCN([C@@H](C)c2ccccc2F)CC1. The van der Waals surface area contributed by atoms with Gasteiger partial charge in [0.15, 0.2) is 0 Å². The monoisotopic (exact) mass is 250 g/mol. The minimum atomic E-state index is -0.154. The quantitative estimate of drug-likeness (QED) is 0.802. The number of rotatable bonds is 2. The molecule has 1 saturated heterocycles. The first kappa shape index (κ1) is 13.0. The molecule has 1 aliphatic rings. The largest absolute Gasteiger partial charge is 0.340 e. The van der Waals surface area contributed by atoms with Gasteiger partial charge in [0.1, 0.15) is 5.82 Å². The number of carbonyl (C=O) groups excluding carboxylic acids is 1. The van der Waals surface area contributed by atoms with E-state index in [4.69, 9.17) is 0 Å². The highest BCUT2D eigenvalue weighted by Gasteiger charge is 2.24. The fourth-order valence-electron chi connectivity index (χ4n) is 2.43. The molecule has 0 N–H and O–H groups in total. The molecule has 1 amide bonds. The Morgan fingerprint density at radius 1 is 1.22 bits per heavy atom. The number of halogens is 1. The third-order valence-electron chi connectivity index (χ3n) is 3.66. The van der Waals surface area contributed by atoms with Gasteiger partial charge in [0.05, 0.1) is 0 Å². The Morgan fingerprint density at radius 3 is 2.39 bits per heavy atom. The third kappa shape index (κ3) is 2.70. The Morgan fingerprint density at radius 2 is 1.83 bits per heavy atom. The average molecular weight is 250 g/mol. The van der Waals surface area contributed by atoms with Crippen LogP contribution in [-0.2, 0) is 4.79 Å². The highest BCUT2D eigenvalue weighted by Crippen LogP contribution is 2.23. The molecule has 0 aliphatic carbocycles. The molecule has 1 fully saturated rings. The van der Waals surface area contributed by atoms with Crippen LogP contribution >= 0.6 is 0 Å². The fraction of sp³-hybridized carbons (Fsp3) is 0.500. The average Bonchev–Trinajstić information content (AvgIpc) is 2.38. The lowest BCUT2D eigenvalue weighted by Gasteiger charge is -2.37. The van der Waals surface area contributed by atoms with Crippen molar-refractivity contribution in [2.24, 2.45) is 0 Å². The molecule has 1 aromatic rings. The van der Waals surface area contributed by atoms with Crippen molar-refractivity contribution >= 4 is 5.91 Å². The summed E-state index contributed by atoms with van der Waals surface area (Å²) in [5.41, 5.74) is 0.730. The van der Waals surface area contributed by atoms with Gasteiger partial charge in [-0.2, -0.15) is 0 Å². The second-order valence-corrected chi connectivity index (χ2v) is 4.74. The normalized spacial score (nSPS) is 18.7. The Kier molecular flexibility index (Phi) is 3.97. The molecular weight excluding hydrogens is 231 g/mol. The molecule has 1 heterocycles. The second-order valence-electron chi connectivity index (χ2n) is 4.74. The van der Waals surface area contributed by atoms with Gasteiger partial charge in [-0.05, 0) is 13.0 Å². The number of amides is 1. The van der Waals surface area contributed by atoms with Crippen LogP contribution in [-0.4, -0.2) is 41.9 Å². The molecule has 0 unspecified atom stereocenters. The summed E-state index contributed by atoms with van der Waals surface area (Å²) in [5, 5.41) is 0. The van der Waals surface area contributed by atoms with Gasteiger partial charge < -0.3 is 4.90 Å². The number of hydrogen-bond acceptors (Lipinski definition) is 2. The summed E-state index contributed by atoms with van der Waals surface area (Å²) in [6.45, 7) is 6.67. The van der Waals surface area contributed by atoms with Crippen LogP contribution in [0.4, 0.5) is 4.39 Å². The van der Waals surface area contributed by atoms with Crippen LogP contribution in [0.25, 0.3) is 0 Å². The van der Waals surface area contributed by atoms with Crippen LogP contribution in [0.15, 0.2) is 24.3 Å². The predicted octanol–water partition coefficient (Wildman–Crippen LogP) is 2.05. The highest BCUT2D eigenvalue weighted by atomic mass is 19.1. The van der Waals surface area contributed by atoms with Crippen molar-refractivity contribution < 1.29 is 9.18 Å². The van der Waals surface area contributed by atoms with E-state index in [1.807, 2.05) is 24.0 Å². The molecule has 2 rings (SSSR count). The summed E-state index contributed by atoms with van der Waals surface area (Å²) in [5.74, 6) is -0.0350. The van der Waals surface area contributed by atoms with Gasteiger partial charge in [0, 0.05) is 44.7 Å². The van der Waals surface area contributed by atoms with Crippen molar-refractivity contribution in [3.05, 3.63) is 35.6 Å². The Bertz CT molecular complexity index is 428. The first-order chi connectivity index (χ1) is 8.59. The number of piperazine rings is 1. The number of carbonyl (C=O) groups is 1. The first-order valence-corrected chi connectivity index (χ1v) is 6.33. The van der Waals surface area contributed by atoms with Gasteiger partial charge in [-0.25, -0.2) is 4.39 Å². The van der Waals surface area contributed by atoms with Gasteiger partial charge in [0.2, 0.25) is 5.91 Å². The molecule has 1 atom stereocenters. The minimum absolute atomic E-state index is 0.0558. The van der Waals surface area contributed by atoms with Crippen molar-refractivity contribution in [1.82, 2.24) is 9.80 Å². The summed E-state index contributed by atoms with van der Waals surface area (Å²) in [6.07, 6.45) is 0. The zero-order valence-corrected chi connectivity index (χ0v) is 10.9. The van der Waals surface area contributed by atoms with Crippen molar-refractivity contribution in [3.63, 3.8) is 0 Å². The maximum Gasteiger partial charge on any atom is 0.219 e. The van der Waals surface area contributed by atoms with Crippen LogP contribution in [0, 0.1) is 5.82 Å². The van der Waals surface area contributed by atoms with E-state index >= 15 is 0 Å². The maximum atomic E-state index is 13.7. The van der Waals surface area contributed by atoms with Gasteiger partial charge in [-0.1, -0.05) is 18.2 Å². The van der Waals surface area contributed by atoms with Crippen LogP contribution in [0.5, 0.6) is 0 Å². The van der Waals surface area contributed by atoms with Gasteiger partial charge in [0.25, 0.3) is 0 Å². The second kappa shape index (κ2) is 5.48. The molecule has 0 bridgehead atoms. The summed E-state index contributed by atoms with van der Waals surface area (Å²) >= 11 is 0. The van der Waals surface area contributed by atoms with Crippen LogP contribution in [0.2, 0.25) is 0 Å². The van der Waals surface area contributed by atoms with Crippen LogP contribution in [0.3, 0.4) is 0 Å². The molecule has 0 aromatic heterocycles. The zero-order valence-electron chi connectivity index (χ0n) is 10.9. The Labute approximate surface area is 107 Å². The topological polar surface area (TPSA) is 23.6 Å². The lowest BCUT2D eigenvalue weighted by molar-refractivity contribution is -0.130. The van der Waals surface area contributed by atoms with E-state index in [2.05, 4.69) is 4.90 Å². The van der Waals surface area contributed by atoms with E-state index in [9.17, 15) is 9.18 Å². The fourth-order valence-corrected chi connectivity index (χ4v) is 2.43. The van der Waals surface area contributed by atoms with Crippen LogP contribution in [0.1, 0.15) is 25.5 Å². The minimum Gasteiger partial charge on any atom is -0.340 e. The maximum absolute atomic E-state index is 13.7. The van der Waals surface area contributed by atoms with E-state index in [0.29, 0.717) is 0 Å². The molecule has 1 aromatic carbocycles.